The molecule has 0 bridgehead atoms. The first-order valence-electron chi connectivity index (χ1n) is 6.62. The highest BCUT2D eigenvalue weighted by molar-refractivity contribution is 5.68. The molecule has 2 fully saturated rings. The van der Waals surface area contributed by atoms with E-state index in [1.54, 1.807) is 4.90 Å². The molecule has 0 aromatic rings. The van der Waals surface area contributed by atoms with Gasteiger partial charge in [-0.2, -0.15) is 0 Å². The molecule has 0 spiro atoms. The molecule has 1 amide bonds. The molecule has 2 heterocycles. The van der Waals surface area contributed by atoms with E-state index in [9.17, 15) is 4.79 Å². The fraction of sp³-hybridized carbons (Fsp3) is 0.923. The fourth-order valence-electron chi connectivity index (χ4n) is 2.10. The van der Waals surface area contributed by atoms with Gasteiger partial charge in [0.25, 0.3) is 0 Å². The van der Waals surface area contributed by atoms with Crippen molar-refractivity contribution in [2.75, 3.05) is 39.3 Å². The van der Waals surface area contributed by atoms with Gasteiger partial charge in [-0.15, -0.1) is 0 Å². The number of nitrogens with zero attached hydrogens (tertiary/aromatic N) is 2. The van der Waals surface area contributed by atoms with Gasteiger partial charge < -0.3 is 14.4 Å². The zero-order chi connectivity index (χ0) is 13.4. The van der Waals surface area contributed by atoms with Gasteiger partial charge in [-0.05, 0) is 27.7 Å². The van der Waals surface area contributed by atoms with Crippen LogP contribution in [0, 0.1) is 0 Å². The summed E-state index contributed by atoms with van der Waals surface area (Å²) in [5.74, 6) is 0. The van der Waals surface area contributed by atoms with Crippen molar-refractivity contribution in [1.29, 1.82) is 0 Å². The van der Waals surface area contributed by atoms with Crippen molar-refractivity contribution in [1.82, 2.24) is 9.80 Å². The second-order valence-electron chi connectivity index (χ2n) is 6.48. The van der Waals surface area contributed by atoms with Crippen LogP contribution in [-0.4, -0.2) is 66.4 Å². The fourth-order valence-corrected chi connectivity index (χ4v) is 2.10. The van der Waals surface area contributed by atoms with Crippen LogP contribution in [0.4, 0.5) is 4.79 Å². The van der Waals surface area contributed by atoms with Crippen LogP contribution in [0.2, 0.25) is 0 Å². The maximum atomic E-state index is 11.9. The third kappa shape index (κ3) is 3.85. The second-order valence-corrected chi connectivity index (χ2v) is 6.48. The average Bonchev–Trinajstić information content (AvgIpc) is 2.94. The molecule has 2 aliphatic rings. The Labute approximate surface area is 109 Å². The van der Waals surface area contributed by atoms with Crippen molar-refractivity contribution in [3.63, 3.8) is 0 Å². The van der Waals surface area contributed by atoms with Crippen LogP contribution < -0.4 is 0 Å². The molecule has 5 nitrogen and oxygen atoms in total. The summed E-state index contributed by atoms with van der Waals surface area (Å²) in [5, 5.41) is 0. The lowest BCUT2D eigenvalue weighted by atomic mass is 10.2. The van der Waals surface area contributed by atoms with Crippen LogP contribution in [0.5, 0.6) is 0 Å². The molecule has 0 aromatic heterocycles. The molecule has 0 saturated carbocycles. The third-order valence-electron chi connectivity index (χ3n) is 3.22. The Kier molecular flexibility index (Phi) is 3.56. The number of carbonyl (C=O) groups excluding carboxylic acids is 1. The third-order valence-corrected chi connectivity index (χ3v) is 3.22. The molecule has 18 heavy (non-hydrogen) atoms. The smallest absolute Gasteiger partial charge is 0.410 e. The van der Waals surface area contributed by atoms with Crippen LogP contribution in [0.1, 0.15) is 27.7 Å². The van der Waals surface area contributed by atoms with Crippen LogP contribution >= 0.6 is 0 Å². The van der Waals surface area contributed by atoms with E-state index in [1.165, 1.54) is 0 Å². The number of piperazine rings is 1. The van der Waals surface area contributed by atoms with Gasteiger partial charge in [0.15, 0.2) is 0 Å². The molecule has 2 aliphatic heterocycles. The minimum absolute atomic E-state index is 0.0636. The van der Waals surface area contributed by atoms with E-state index in [-0.39, 0.29) is 11.7 Å². The molecule has 2 rings (SSSR count). The first-order chi connectivity index (χ1) is 8.27. The summed E-state index contributed by atoms with van der Waals surface area (Å²) in [6, 6.07) is 0. The van der Waals surface area contributed by atoms with E-state index in [1.807, 2.05) is 20.8 Å². The Morgan fingerprint density at radius 3 is 2.28 bits per heavy atom. The molecule has 5 heteroatoms. The molecule has 104 valence electrons. The van der Waals surface area contributed by atoms with Crippen molar-refractivity contribution in [2.45, 2.75) is 38.9 Å². The average molecular weight is 256 g/mol. The lowest BCUT2D eigenvalue weighted by molar-refractivity contribution is 0.0130. The molecule has 0 N–H and O–H groups in total. The van der Waals surface area contributed by atoms with Crippen LogP contribution in [-0.2, 0) is 9.47 Å². The molecule has 2 saturated heterocycles. The summed E-state index contributed by atoms with van der Waals surface area (Å²) in [7, 11) is 0. The lowest BCUT2D eigenvalue weighted by Crippen LogP contribution is -2.51. The Morgan fingerprint density at radius 2 is 1.83 bits per heavy atom. The zero-order valence-electron chi connectivity index (χ0n) is 11.9. The highest BCUT2D eigenvalue weighted by Crippen LogP contribution is 2.27. The van der Waals surface area contributed by atoms with Gasteiger partial charge in [0.1, 0.15) is 11.2 Å². The van der Waals surface area contributed by atoms with Crippen LogP contribution in [0.3, 0.4) is 0 Å². The van der Waals surface area contributed by atoms with Gasteiger partial charge in [0.05, 0.1) is 6.61 Å². The normalized spacial score (nSPS) is 29.2. The van der Waals surface area contributed by atoms with E-state index in [0.717, 1.165) is 39.3 Å². The van der Waals surface area contributed by atoms with Gasteiger partial charge in [-0.1, -0.05) is 0 Å². The van der Waals surface area contributed by atoms with Gasteiger partial charge in [0, 0.05) is 32.7 Å². The summed E-state index contributed by atoms with van der Waals surface area (Å²) in [5.41, 5.74) is -0.350. The Bertz CT molecular complexity index is 313. The molecular formula is C13H24N2O3. The van der Waals surface area contributed by atoms with Crippen molar-refractivity contribution in [2.24, 2.45) is 0 Å². The SMILES string of the molecule is CC(C)(C)OC(=O)N1CCN(CC2(C)CO2)CC1. The topological polar surface area (TPSA) is 45.3 Å². The highest BCUT2D eigenvalue weighted by atomic mass is 16.6. The molecular weight excluding hydrogens is 232 g/mol. The van der Waals surface area contributed by atoms with Gasteiger partial charge in [-0.25, -0.2) is 4.79 Å². The molecule has 0 aromatic carbocycles. The largest absolute Gasteiger partial charge is 0.444 e. The standard InChI is InChI=1S/C13H24N2O3/c1-12(2,3)18-11(16)15-7-5-14(6-8-15)9-13(4)10-17-13/h5-10H2,1-4H3. The number of amides is 1. The summed E-state index contributed by atoms with van der Waals surface area (Å²) >= 11 is 0. The number of carbonyl (C=O) groups is 1. The summed E-state index contributed by atoms with van der Waals surface area (Å²) < 4.78 is 10.8. The van der Waals surface area contributed by atoms with Crippen molar-refractivity contribution in [3.8, 4) is 0 Å². The van der Waals surface area contributed by atoms with Crippen molar-refractivity contribution < 1.29 is 14.3 Å². The second kappa shape index (κ2) is 4.70. The summed E-state index contributed by atoms with van der Waals surface area (Å²) in [6.07, 6.45) is -0.198. The Balaban J connectivity index is 1.74. The van der Waals surface area contributed by atoms with Crippen LogP contribution in [0.25, 0.3) is 0 Å². The van der Waals surface area contributed by atoms with E-state index in [4.69, 9.17) is 9.47 Å². The Morgan fingerprint density at radius 1 is 1.28 bits per heavy atom. The van der Waals surface area contributed by atoms with Gasteiger partial charge >= 0.3 is 6.09 Å². The minimum atomic E-state index is -0.413. The number of hydrogen-bond acceptors (Lipinski definition) is 4. The predicted molar refractivity (Wildman–Crippen MR) is 68.6 cm³/mol. The summed E-state index contributed by atoms with van der Waals surface area (Å²) in [6.45, 7) is 12.9. The summed E-state index contributed by atoms with van der Waals surface area (Å²) in [4.78, 5) is 16.0. The van der Waals surface area contributed by atoms with Gasteiger partial charge in [-0.3, -0.25) is 4.90 Å². The van der Waals surface area contributed by atoms with E-state index >= 15 is 0 Å². The van der Waals surface area contributed by atoms with E-state index < -0.39 is 5.60 Å². The first kappa shape index (κ1) is 13.6. The van der Waals surface area contributed by atoms with Crippen LogP contribution in [0.15, 0.2) is 0 Å². The van der Waals surface area contributed by atoms with Crippen molar-refractivity contribution in [3.05, 3.63) is 0 Å². The number of epoxide rings is 1. The molecule has 0 aliphatic carbocycles. The highest BCUT2D eigenvalue weighted by Gasteiger charge is 2.41. The minimum Gasteiger partial charge on any atom is -0.444 e. The lowest BCUT2D eigenvalue weighted by Gasteiger charge is -2.36. The number of hydrogen-bond donors (Lipinski definition) is 0. The monoisotopic (exact) mass is 256 g/mol. The quantitative estimate of drug-likeness (QED) is 0.699. The van der Waals surface area contributed by atoms with Gasteiger partial charge in [0.2, 0.25) is 0 Å². The van der Waals surface area contributed by atoms with Crippen molar-refractivity contribution >= 4 is 6.09 Å². The molecule has 1 unspecified atom stereocenters. The first-order valence-corrected chi connectivity index (χ1v) is 6.62. The van der Waals surface area contributed by atoms with E-state index in [2.05, 4.69) is 11.8 Å². The number of ether oxygens (including phenoxy) is 2. The van der Waals surface area contributed by atoms with E-state index in [0.29, 0.717) is 0 Å². The molecule has 0 radical (unpaired) electrons. The maximum Gasteiger partial charge on any atom is 0.410 e. The maximum absolute atomic E-state index is 11.9. The Hall–Kier alpha value is -0.810. The zero-order valence-corrected chi connectivity index (χ0v) is 11.9. The number of rotatable bonds is 2. The molecule has 1 atom stereocenters. The predicted octanol–water partition coefficient (Wildman–Crippen LogP) is 1.33.